The second-order valence-corrected chi connectivity index (χ2v) is 7.89. The molecular weight excluding hydrogens is 430 g/mol. The SMILES string of the molecule is COc1cc(C=C2SC(=S)N(CC(=O)OC(C)C)C2=O)cc(Br)c1O. The predicted octanol–water partition coefficient (Wildman–Crippen LogP) is 3.32. The summed E-state index contributed by atoms with van der Waals surface area (Å²) in [5, 5.41) is 9.84. The minimum absolute atomic E-state index is 0.0244. The van der Waals surface area contributed by atoms with Crippen LogP contribution in [0.25, 0.3) is 6.08 Å². The zero-order chi connectivity index (χ0) is 18.7. The van der Waals surface area contributed by atoms with Gasteiger partial charge in [-0.3, -0.25) is 14.5 Å². The number of ether oxygens (including phenoxy) is 2. The largest absolute Gasteiger partial charge is 0.503 e. The van der Waals surface area contributed by atoms with Gasteiger partial charge in [0.1, 0.15) is 10.9 Å². The number of thiocarbonyl (C=S) groups is 1. The molecule has 0 bridgehead atoms. The number of esters is 1. The molecule has 1 amide bonds. The van der Waals surface area contributed by atoms with Gasteiger partial charge in [-0.15, -0.1) is 0 Å². The average molecular weight is 446 g/mol. The molecule has 1 fully saturated rings. The van der Waals surface area contributed by atoms with Gasteiger partial charge in [0, 0.05) is 0 Å². The number of hydrogen-bond acceptors (Lipinski definition) is 7. The molecule has 0 aromatic heterocycles. The topological polar surface area (TPSA) is 76.1 Å². The Bertz CT molecular complexity index is 763. The smallest absolute Gasteiger partial charge is 0.326 e. The number of rotatable bonds is 5. The highest BCUT2D eigenvalue weighted by Crippen LogP contribution is 2.38. The minimum Gasteiger partial charge on any atom is -0.503 e. The third kappa shape index (κ3) is 4.74. The van der Waals surface area contributed by atoms with Crippen LogP contribution in [-0.2, 0) is 14.3 Å². The molecule has 6 nitrogen and oxygen atoms in total. The van der Waals surface area contributed by atoms with E-state index in [9.17, 15) is 14.7 Å². The van der Waals surface area contributed by atoms with Gasteiger partial charge in [-0.25, -0.2) is 0 Å². The highest BCUT2D eigenvalue weighted by atomic mass is 79.9. The summed E-state index contributed by atoms with van der Waals surface area (Å²) in [6, 6.07) is 3.25. The van der Waals surface area contributed by atoms with Crippen LogP contribution >= 0.6 is 39.9 Å². The molecule has 1 aliphatic heterocycles. The molecule has 0 unspecified atom stereocenters. The fourth-order valence-corrected chi connectivity index (χ4v) is 3.76. The second-order valence-electron chi connectivity index (χ2n) is 5.36. The van der Waals surface area contributed by atoms with Crippen molar-refractivity contribution < 1.29 is 24.2 Å². The summed E-state index contributed by atoms with van der Waals surface area (Å²) in [4.78, 5) is 25.9. The molecule has 1 aliphatic rings. The van der Waals surface area contributed by atoms with Crippen molar-refractivity contribution in [2.75, 3.05) is 13.7 Å². The Hall–Kier alpha value is -1.58. The molecule has 2 rings (SSSR count). The van der Waals surface area contributed by atoms with E-state index in [2.05, 4.69) is 15.9 Å². The number of carbonyl (C=O) groups excluding carboxylic acids is 2. The van der Waals surface area contributed by atoms with Crippen LogP contribution in [-0.4, -0.2) is 46.0 Å². The van der Waals surface area contributed by atoms with Gasteiger partial charge in [-0.2, -0.15) is 0 Å². The molecule has 1 aromatic rings. The lowest BCUT2D eigenvalue weighted by Gasteiger charge is -2.14. The number of aromatic hydroxyl groups is 1. The predicted molar refractivity (Wildman–Crippen MR) is 103 cm³/mol. The van der Waals surface area contributed by atoms with Crippen LogP contribution in [0.4, 0.5) is 0 Å². The van der Waals surface area contributed by atoms with E-state index in [1.165, 1.54) is 12.0 Å². The number of nitrogens with zero attached hydrogens (tertiary/aromatic N) is 1. The number of phenolic OH excluding ortho intramolecular Hbond substituents is 1. The highest BCUT2D eigenvalue weighted by Gasteiger charge is 2.34. The summed E-state index contributed by atoms with van der Waals surface area (Å²) < 4.78 is 10.9. The van der Waals surface area contributed by atoms with E-state index in [1.807, 2.05) is 0 Å². The van der Waals surface area contributed by atoms with Crippen LogP contribution in [0.15, 0.2) is 21.5 Å². The zero-order valence-corrected chi connectivity index (χ0v) is 17.0. The normalized spacial score (nSPS) is 16.0. The number of hydrogen-bond donors (Lipinski definition) is 1. The first-order valence-corrected chi connectivity index (χ1v) is 9.26. The maximum Gasteiger partial charge on any atom is 0.326 e. The number of amides is 1. The molecule has 0 spiro atoms. The van der Waals surface area contributed by atoms with E-state index in [-0.39, 0.29) is 30.1 Å². The first-order valence-electron chi connectivity index (χ1n) is 7.24. The van der Waals surface area contributed by atoms with Gasteiger partial charge in [-0.1, -0.05) is 24.0 Å². The molecule has 1 aromatic carbocycles. The summed E-state index contributed by atoms with van der Waals surface area (Å²) >= 11 is 9.52. The van der Waals surface area contributed by atoms with Gasteiger partial charge < -0.3 is 14.6 Å². The quantitative estimate of drug-likeness (QED) is 0.423. The molecule has 1 heterocycles. The lowest BCUT2D eigenvalue weighted by Crippen LogP contribution is -2.35. The third-order valence-electron chi connectivity index (χ3n) is 3.10. The van der Waals surface area contributed by atoms with Crippen LogP contribution in [0.2, 0.25) is 0 Å². The summed E-state index contributed by atoms with van der Waals surface area (Å²) in [6.07, 6.45) is 1.36. The Kier molecular flexibility index (Phi) is 6.47. The number of carbonyl (C=O) groups is 2. The van der Waals surface area contributed by atoms with Gasteiger partial charge in [0.15, 0.2) is 11.5 Å². The summed E-state index contributed by atoms with van der Waals surface area (Å²) in [6.45, 7) is 3.25. The van der Waals surface area contributed by atoms with E-state index in [0.717, 1.165) is 11.8 Å². The van der Waals surface area contributed by atoms with E-state index < -0.39 is 5.97 Å². The Labute approximate surface area is 163 Å². The summed E-state index contributed by atoms with van der Waals surface area (Å²) in [5.74, 6) is -0.624. The van der Waals surface area contributed by atoms with Crippen LogP contribution in [0.1, 0.15) is 19.4 Å². The summed E-state index contributed by atoms with van der Waals surface area (Å²) in [7, 11) is 1.44. The van der Waals surface area contributed by atoms with Crippen LogP contribution < -0.4 is 4.74 Å². The molecule has 0 radical (unpaired) electrons. The Balaban J connectivity index is 2.23. The standard InChI is InChI=1S/C16H16BrNO5S2/c1-8(2)23-13(19)7-18-15(21)12(25-16(18)24)6-9-4-10(17)14(20)11(5-9)22-3/h4-6,8,20H,7H2,1-3H3. The lowest BCUT2D eigenvalue weighted by atomic mass is 10.2. The number of halogens is 1. The first kappa shape index (κ1) is 19.7. The monoisotopic (exact) mass is 445 g/mol. The van der Waals surface area contributed by atoms with E-state index in [1.54, 1.807) is 32.1 Å². The van der Waals surface area contributed by atoms with Gasteiger partial charge >= 0.3 is 5.97 Å². The molecule has 25 heavy (non-hydrogen) atoms. The Morgan fingerprint density at radius 3 is 2.76 bits per heavy atom. The Morgan fingerprint density at radius 1 is 1.48 bits per heavy atom. The summed E-state index contributed by atoms with van der Waals surface area (Å²) in [5.41, 5.74) is 0.645. The van der Waals surface area contributed by atoms with Gasteiger partial charge in [-0.05, 0) is 53.5 Å². The second kappa shape index (κ2) is 8.20. The van der Waals surface area contributed by atoms with Crippen molar-refractivity contribution in [2.24, 2.45) is 0 Å². The zero-order valence-electron chi connectivity index (χ0n) is 13.7. The maximum atomic E-state index is 12.5. The number of benzene rings is 1. The highest BCUT2D eigenvalue weighted by molar-refractivity contribution is 9.10. The number of thioether (sulfide) groups is 1. The van der Waals surface area contributed by atoms with Crippen LogP contribution in [0.3, 0.4) is 0 Å². The lowest BCUT2D eigenvalue weighted by molar-refractivity contribution is -0.149. The van der Waals surface area contributed by atoms with Crippen molar-refractivity contribution >= 4 is 62.2 Å². The molecule has 1 saturated heterocycles. The van der Waals surface area contributed by atoms with E-state index in [0.29, 0.717) is 19.3 Å². The Morgan fingerprint density at radius 2 is 2.16 bits per heavy atom. The molecule has 0 aliphatic carbocycles. The first-order chi connectivity index (χ1) is 11.7. The number of phenols is 1. The van der Waals surface area contributed by atoms with Crippen molar-refractivity contribution in [3.63, 3.8) is 0 Å². The average Bonchev–Trinajstić information content (AvgIpc) is 2.77. The van der Waals surface area contributed by atoms with E-state index >= 15 is 0 Å². The molecule has 0 saturated carbocycles. The molecule has 9 heteroatoms. The van der Waals surface area contributed by atoms with Gasteiger partial charge in [0.05, 0.1) is 22.6 Å². The van der Waals surface area contributed by atoms with Crippen LogP contribution in [0, 0.1) is 0 Å². The van der Waals surface area contributed by atoms with Crippen molar-refractivity contribution in [1.82, 2.24) is 4.90 Å². The van der Waals surface area contributed by atoms with Gasteiger partial charge in [0.2, 0.25) is 0 Å². The molecule has 134 valence electrons. The third-order valence-corrected chi connectivity index (χ3v) is 5.08. The molecule has 1 N–H and O–H groups in total. The van der Waals surface area contributed by atoms with Crippen molar-refractivity contribution in [3.05, 3.63) is 27.1 Å². The van der Waals surface area contributed by atoms with Crippen molar-refractivity contribution in [2.45, 2.75) is 20.0 Å². The fraction of sp³-hybridized carbons (Fsp3) is 0.312. The molecule has 0 atom stereocenters. The molecular formula is C16H16BrNO5S2. The van der Waals surface area contributed by atoms with Crippen LogP contribution in [0.5, 0.6) is 11.5 Å². The number of methoxy groups -OCH3 is 1. The fourth-order valence-electron chi connectivity index (χ4n) is 2.05. The van der Waals surface area contributed by atoms with Crippen molar-refractivity contribution in [3.8, 4) is 11.5 Å². The van der Waals surface area contributed by atoms with E-state index in [4.69, 9.17) is 21.7 Å². The van der Waals surface area contributed by atoms with Crippen molar-refractivity contribution in [1.29, 1.82) is 0 Å². The van der Waals surface area contributed by atoms with Gasteiger partial charge in [0.25, 0.3) is 5.91 Å². The maximum absolute atomic E-state index is 12.5. The minimum atomic E-state index is -0.512.